The normalized spacial score (nSPS) is 20.3. The number of hydrogen-bond acceptors (Lipinski definition) is 5. The van der Waals surface area contributed by atoms with Gasteiger partial charge in [-0.25, -0.2) is 0 Å². The van der Waals surface area contributed by atoms with Crippen LogP contribution < -0.4 is 4.74 Å². The van der Waals surface area contributed by atoms with Crippen LogP contribution in [0.4, 0.5) is 0 Å². The van der Waals surface area contributed by atoms with Gasteiger partial charge in [-0.2, -0.15) is 4.37 Å². The molecule has 5 nitrogen and oxygen atoms in total. The molecule has 0 N–H and O–H groups in total. The number of hydrogen-bond donors (Lipinski definition) is 0. The molecule has 1 aliphatic heterocycles. The van der Waals surface area contributed by atoms with Crippen LogP contribution in [0.2, 0.25) is 0 Å². The van der Waals surface area contributed by atoms with Gasteiger partial charge < -0.3 is 14.4 Å². The van der Waals surface area contributed by atoms with Gasteiger partial charge in [0, 0.05) is 11.9 Å². The third-order valence-corrected chi connectivity index (χ3v) is 4.16. The summed E-state index contributed by atoms with van der Waals surface area (Å²) in [6.07, 6.45) is -0.165. The van der Waals surface area contributed by atoms with E-state index in [-0.39, 0.29) is 12.0 Å². The van der Waals surface area contributed by atoms with E-state index >= 15 is 0 Å². The molecular formula is C17H20N2O3S. The summed E-state index contributed by atoms with van der Waals surface area (Å²) in [5.74, 6) is 0.754. The number of aromatic nitrogens is 1. The highest BCUT2D eigenvalue weighted by Crippen LogP contribution is 2.23. The topological polar surface area (TPSA) is 51.7 Å². The predicted molar refractivity (Wildman–Crippen MR) is 88.9 cm³/mol. The van der Waals surface area contributed by atoms with Crippen molar-refractivity contribution in [1.29, 1.82) is 0 Å². The lowest BCUT2D eigenvalue weighted by Gasteiger charge is -2.42. The van der Waals surface area contributed by atoms with Crippen molar-refractivity contribution in [2.45, 2.75) is 25.6 Å². The van der Waals surface area contributed by atoms with E-state index in [4.69, 9.17) is 9.47 Å². The highest BCUT2D eigenvalue weighted by Gasteiger charge is 2.36. The van der Waals surface area contributed by atoms with Crippen LogP contribution in [0.5, 0.6) is 5.75 Å². The first kappa shape index (κ1) is 16.0. The lowest BCUT2D eigenvalue weighted by molar-refractivity contribution is -0.136. The largest absolute Gasteiger partial charge is 0.491 e. The monoisotopic (exact) mass is 332 g/mol. The van der Waals surface area contributed by atoms with Crippen molar-refractivity contribution in [3.63, 3.8) is 0 Å². The molecule has 1 unspecified atom stereocenters. The van der Waals surface area contributed by atoms with Crippen molar-refractivity contribution < 1.29 is 14.3 Å². The summed E-state index contributed by atoms with van der Waals surface area (Å²) in [6.45, 7) is 5.44. The first-order valence-corrected chi connectivity index (χ1v) is 8.42. The number of para-hydroxylation sites is 1. The van der Waals surface area contributed by atoms with E-state index in [1.165, 1.54) is 11.5 Å². The number of benzene rings is 1. The van der Waals surface area contributed by atoms with Gasteiger partial charge in [0.05, 0.1) is 12.1 Å². The summed E-state index contributed by atoms with van der Waals surface area (Å²) in [4.78, 5) is 14.3. The first-order chi connectivity index (χ1) is 11.0. The van der Waals surface area contributed by atoms with E-state index < -0.39 is 5.60 Å². The quantitative estimate of drug-likeness (QED) is 0.864. The minimum Gasteiger partial charge on any atom is -0.491 e. The van der Waals surface area contributed by atoms with E-state index in [1.54, 1.807) is 11.0 Å². The molecular weight excluding hydrogens is 312 g/mol. The van der Waals surface area contributed by atoms with Gasteiger partial charge in [-0.15, -0.1) is 0 Å². The van der Waals surface area contributed by atoms with Crippen molar-refractivity contribution >= 4 is 17.4 Å². The number of carbonyl (C=O) groups excluding carboxylic acids is 1. The fourth-order valence-electron chi connectivity index (χ4n) is 2.73. The van der Waals surface area contributed by atoms with Crippen molar-refractivity contribution in [3.8, 4) is 5.75 Å². The number of amides is 1. The van der Waals surface area contributed by atoms with E-state index in [2.05, 4.69) is 4.37 Å². The zero-order valence-electron chi connectivity index (χ0n) is 13.3. The summed E-state index contributed by atoms with van der Waals surface area (Å²) in [5.41, 5.74) is 0.0877. The smallest absolute Gasteiger partial charge is 0.273 e. The molecule has 0 spiro atoms. The Kier molecular flexibility index (Phi) is 4.63. The van der Waals surface area contributed by atoms with E-state index in [0.29, 0.717) is 25.4 Å². The van der Waals surface area contributed by atoms with Gasteiger partial charge >= 0.3 is 0 Å². The third kappa shape index (κ3) is 4.09. The molecule has 1 amide bonds. The standard InChI is InChI=1S/C17H20N2O3S/c1-17(2)12-19(16(20)15-8-9-23-18-15)10-14(22-17)11-21-13-6-4-3-5-7-13/h3-9,14H,10-12H2,1-2H3. The highest BCUT2D eigenvalue weighted by molar-refractivity contribution is 7.03. The van der Waals surface area contributed by atoms with Crippen LogP contribution in [-0.2, 0) is 4.74 Å². The zero-order chi connectivity index (χ0) is 16.3. The lowest BCUT2D eigenvalue weighted by atomic mass is 10.0. The SMILES string of the molecule is CC1(C)CN(C(=O)c2ccsn2)CC(COc2ccccc2)O1. The predicted octanol–water partition coefficient (Wildman–Crippen LogP) is 2.84. The summed E-state index contributed by atoms with van der Waals surface area (Å²) < 4.78 is 16.0. The van der Waals surface area contributed by atoms with Crippen molar-refractivity contribution in [2.75, 3.05) is 19.7 Å². The molecule has 6 heteroatoms. The molecule has 0 saturated carbocycles. The zero-order valence-corrected chi connectivity index (χ0v) is 14.1. The van der Waals surface area contributed by atoms with Gasteiger partial charge in [0.2, 0.25) is 0 Å². The van der Waals surface area contributed by atoms with Gasteiger partial charge in [0.15, 0.2) is 0 Å². The van der Waals surface area contributed by atoms with E-state index in [9.17, 15) is 4.79 Å². The molecule has 122 valence electrons. The van der Waals surface area contributed by atoms with E-state index in [1.807, 2.05) is 49.6 Å². The summed E-state index contributed by atoms with van der Waals surface area (Å²) >= 11 is 1.29. The fraction of sp³-hybridized carbons (Fsp3) is 0.412. The minimum atomic E-state index is -0.408. The molecule has 1 aromatic heterocycles. The second-order valence-electron chi connectivity index (χ2n) is 6.19. The molecule has 3 rings (SSSR count). The van der Waals surface area contributed by atoms with Gasteiger partial charge in [-0.3, -0.25) is 4.79 Å². The van der Waals surface area contributed by atoms with Gasteiger partial charge in [0.1, 0.15) is 24.2 Å². The fourth-order valence-corrected chi connectivity index (χ4v) is 3.23. The summed E-state index contributed by atoms with van der Waals surface area (Å²) in [5, 5.41) is 1.81. The average Bonchev–Trinajstić information content (AvgIpc) is 3.06. The molecule has 0 aliphatic carbocycles. The molecule has 23 heavy (non-hydrogen) atoms. The average molecular weight is 332 g/mol. The van der Waals surface area contributed by atoms with E-state index in [0.717, 1.165) is 5.75 Å². The molecule has 2 aromatic rings. The van der Waals surface area contributed by atoms with Crippen LogP contribution in [-0.4, -0.2) is 46.6 Å². The number of morpholine rings is 1. The number of rotatable bonds is 4. The Morgan fingerprint density at radius 2 is 2.17 bits per heavy atom. The Morgan fingerprint density at radius 3 is 2.87 bits per heavy atom. The summed E-state index contributed by atoms with van der Waals surface area (Å²) in [6, 6.07) is 11.4. The minimum absolute atomic E-state index is 0.0488. The van der Waals surface area contributed by atoms with Crippen LogP contribution in [0.15, 0.2) is 41.8 Å². The first-order valence-electron chi connectivity index (χ1n) is 7.59. The molecule has 1 aliphatic rings. The highest BCUT2D eigenvalue weighted by atomic mass is 32.1. The van der Waals surface area contributed by atoms with Crippen LogP contribution in [0.1, 0.15) is 24.3 Å². The Balaban J connectivity index is 1.65. The Bertz CT molecular complexity index is 643. The Labute approximate surface area is 140 Å². The second kappa shape index (κ2) is 6.68. The van der Waals surface area contributed by atoms with Gasteiger partial charge in [-0.05, 0) is 43.6 Å². The molecule has 1 saturated heterocycles. The summed E-state index contributed by atoms with van der Waals surface area (Å²) in [7, 11) is 0. The molecule has 1 fully saturated rings. The van der Waals surface area contributed by atoms with Gasteiger partial charge in [0.25, 0.3) is 5.91 Å². The molecule has 0 radical (unpaired) electrons. The Morgan fingerprint density at radius 1 is 1.39 bits per heavy atom. The van der Waals surface area contributed by atoms with Crippen LogP contribution >= 0.6 is 11.5 Å². The van der Waals surface area contributed by atoms with Gasteiger partial charge in [-0.1, -0.05) is 18.2 Å². The number of carbonyl (C=O) groups is 1. The van der Waals surface area contributed by atoms with Crippen LogP contribution in [0, 0.1) is 0 Å². The van der Waals surface area contributed by atoms with Crippen molar-refractivity contribution in [2.24, 2.45) is 0 Å². The maximum atomic E-state index is 12.5. The van der Waals surface area contributed by atoms with Crippen molar-refractivity contribution in [1.82, 2.24) is 9.27 Å². The molecule has 2 heterocycles. The molecule has 1 atom stereocenters. The van der Waals surface area contributed by atoms with Crippen LogP contribution in [0.25, 0.3) is 0 Å². The lowest BCUT2D eigenvalue weighted by Crippen LogP contribution is -2.56. The maximum absolute atomic E-state index is 12.5. The molecule has 1 aromatic carbocycles. The number of ether oxygens (including phenoxy) is 2. The number of nitrogens with zero attached hydrogens (tertiary/aromatic N) is 2. The Hall–Kier alpha value is -1.92. The second-order valence-corrected chi connectivity index (χ2v) is 6.86. The third-order valence-electron chi connectivity index (χ3n) is 3.60. The molecule has 0 bridgehead atoms. The maximum Gasteiger partial charge on any atom is 0.273 e. The van der Waals surface area contributed by atoms with Crippen molar-refractivity contribution in [3.05, 3.63) is 47.5 Å². The van der Waals surface area contributed by atoms with Crippen LogP contribution in [0.3, 0.4) is 0 Å².